The number of nitrogens with zero attached hydrogens (tertiary/aromatic N) is 6. The van der Waals surface area contributed by atoms with E-state index in [-0.39, 0.29) is 90.4 Å². The molecule has 0 fully saturated rings. The molecule has 10 N–H and O–H groups in total. The Hall–Kier alpha value is -12.4. The van der Waals surface area contributed by atoms with E-state index in [4.69, 9.17) is 32.2 Å². The van der Waals surface area contributed by atoms with Crippen molar-refractivity contribution >= 4 is 135 Å². The maximum atomic E-state index is 14.1. The Balaban J connectivity index is 0.621. The van der Waals surface area contributed by atoms with Crippen molar-refractivity contribution in [2.75, 3.05) is 59.3 Å². The van der Waals surface area contributed by atoms with Gasteiger partial charge in [-0.25, -0.2) is 15.0 Å². The smallest absolute Gasteiger partial charge is 0.239 e. The fourth-order valence-electron chi connectivity index (χ4n) is 14.2. The summed E-state index contributed by atoms with van der Waals surface area (Å²) in [5.41, 5.74) is 43.1. The molecule has 546 valence electrons. The van der Waals surface area contributed by atoms with Gasteiger partial charge >= 0.3 is 0 Å². The summed E-state index contributed by atoms with van der Waals surface area (Å²) in [6, 6.07) is 58.9. The first kappa shape index (κ1) is 73.9. The second-order valence-electron chi connectivity index (χ2n) is 28.5. The van der Waals surface area contributed by atoms with Crippen LogP contribution in [0.3, 0.4) is 0 Å². The number of anilines is 6. The van der Waals surface area contributed by atoms with E-state index >= 15 is 0 Å². The van der Waals surface area contributed by atoms with Gasteiger partial charge in [-0.15, -0.1) is 13.7 Å². The van der Waals surface area contributed by atoms with Crippen LogP contribution in [-0.2, 0) is 14.4 Å². The van der Waals surface area contributed by atoms with E-state index in [1.807, 2.05) is 205 Å². The molecule has 13 rings (SSSR count). The number of nitrogens with two attached hydrogens (primary N) is 3. The van der Waals surface area contributed by atoms with Crippen LogP contribution >= 0.6 is 0 Å². The highest BCUT2D eigenvalue weighted by molar-refractivity contribution is 6.06. The third kappa shape index (κ3) is 16.8. The molecule has 19 heteroatoms. The predicted octanol–water partition coefficient (Wildman–Crippen LogP) is 15.4. The number of hydrogen-bond donors (Lipinski definition) is 7. The molecule has 108 heavy (non-hydrogen) atoms. The van der Waals surface area contributed by atoms with E-state index in [0.29, 0.717) is 87.8 Å². The number of carbonyl (C=O) groups is 6. The van der Waals surface area contributed by atoms with Crippen molar-refractivity contribution in [3.05, 3.63) is 232 Å². The lowest BCUT2D eigenvalue weighted by molar-refractivity contribution is -0.538. The number of ketones is 5. The minimum atomic E-state index is -0.218. The number of rotatable bonds is 32. The molecular weight excluding hydrogens is 1350 g/mol. The molecule has 1 amide bonds. The topological polar surface area (TPSA) is 279 Å². The van der Waals surface area contributed by atoms with E-state index in [9.17, 15) is 28.8 Å². The number of hydrogen-bond acceptors (Lipinski definition) is 15. The van der Waals surface area contributed by atoms with Crippen LogP contribution in [-0.4, -0.2) is 76.0 Å². The summed E-state index contributed by atoms with van der Waals surface area (Å²) in [6.07, 6.45) is 5.46. The second-order valence-corrected chi connectivity index (χ2v) is 28.5. The van der Waals surface area contributed by atoms with E-state index in [0.717, 1.165) is 134 Å². The third-order valence-corrected chi connectivity index (χ3v) is 20.4. The first-order valence-electron chi connectivity index (χ1n) is 37.3. The molecule has 0 bridgehead atoms. The van der Waals surface area contributed by atoms with Gasteiger partial charge in [-0.05, 0) is 168 Å². The van der Waals surface area contributed by atoms with Crippen LogP contribution in [0.5, 0.6) is 0 Å². The van der Waals surface area contributed by atoms with Crippen LogP contribution in [0.4, 0.5) is 34.1 Å². The SMILES string of the molecule is Cc1cc2nc3cc(C)c(NCC(=O)CCCCCC(=O)c4cc(C(=O)CCCCCC(=O)CNc5cc6c(cc5C)nc5cc(C)c(N)cc5[n+]6-c5ccccc5)cc(C(=O)CCCCNC(=O)CNc5cc6c(cc5C)nc5cc(C)c(N)cc5[n+]6-c5ccccc5)c4)cc3[n+](-c3ccccc3)c2cc1N. The van der Waals surface area contributed by atoms with Gasteiger partial charge in [0, 0.05) is 162 Å². The molecule has 3 aromatic heterocycles. The van der Waals surface area contributed by atoms with Crippen LogP contribution in [0.15, 0.2) is 182 Å². The zero-order valence-electron chi connectivity index (χ0n) is 62.2. The lowest BCUT2D eigenvalue weighted by Crippen LogP contribution is -2.34. The van der Waals surface area contributed by atoms with Gasteiger partial charge in [0.25, 0.3) is 0 Å². The van der Waals surface area contributed by atoms with Gasteiger partial charge in [-0.3, -0.25) is 28.8 Å². The number of amides is 1. The highest BCUT2D eigenvalue weighted by Crippen LogP contribution is 2.31. The van der Waals surface area contributed by atoms with E-state index in [1.165, 1.54) is 0 Å². The fourth-order valence-corrected chi connectivity index (χ4v) is 14.2. The fraction of sp³-hybridized carbons (Fsp3) is 0.258. The van der Waals surface area contributed by atoms with Gasteiger partial charge in [-0.2, -0.15) is 0 Å². The summed E-state index contributed by atoms with van der Waals surface area (Å²) in [5, 5.41) is 13.1. The summed E-state index contributed by atoms with van der Waals surface area (Å²) in [6.45, 7) is 12.5. The number of aromatic nitrogens is 6. The zero-order valence-corrected chi connectivity index (χ0v) is 62.2. The molecule has 0 spiro atoms. The number of para-hydroxylation sites is 3. The lowest BCUT2D eigenvalue weighted by atomic mass is 9.93. The highest BCUT2D eigenvalue weighted by Gasteiger charge is 2.27. The van der Waals surface area contributed by atoms with Crippen LogP contribution in [0, 0.1) is 41.5 Å². The van der Waals surface area contributed by atoms with E-state index < -0.39 is 0 Å². The Morgan fingerprint density at radius 3 is 0.917 bits per heavy atom. The number of benzene rings is 10. The van der Waals surface area contributed by atoms with Gasteiger partial charge in [0.1, 0.15) is 33.1 Å². The Morgan fingerprint density at radius 2 is 0.593 bits per heavy atom. The minimum Gasteiger partial charge on any atom is -0.398 e. The molecular formula is C89H92N13O6+3. The average Bonchev–Trinajstić information content (AvgIpc) is 0.759. The molecule has 0 atom stereocenters. The number of carbonyl (C=O) groups excluding carboxylic acids is 6. The quantitative estimate of drug-likeness (QED) is 0.00679. The Labute approximate surface area is 628 Å². The number of Topliss-reactive ketones (excluding diaryl/α,β-unsaturated/α-hetero) is 5. The van der Waals surface area contributed by atoms with Crippen molar-refractivity contribution in [3.63, 3.8) is 0 Å². The summed E-state index contributed by atoms with van der Waals surface area (Å²) < 4.78 is 6.43. The number of nitrogens with one attached hydrogen (secondary N) is 4. The van der Waals surface area contributed by atoms with Crippen LogP contribution in [0.25, 0.3) is 83.3 Å². The third-order valence-electron chi connectivity index (χ3n) is 20.4. The van der Waals surface area contributed by atoms with Crippen molar-refractivity contribution in [2.24, 2.45) is 0 Å². The minimum absolute atomic E-state index is 0.0133. The van der Waals surface area contributed by atoms with Crippen molar-refractivity contribution in [3.8, 4) is 17.1 Å². The first-order valence-corrected chi connectivity index (χ1v) is 37.3. The van der Waals surface area contributed by atoms with Gasteiger partial charge in [-0.1, -0.05) is 67.4 Å². The first-order chi connectivity index (χ1) is 52.2. The maximum absolute atomic E-state index is 14.1. The maximum Gasteiger partial charge on any atom is 0.239 e. The van der Waals surface area contributed by atoms with Gasteiger partial charge in [0.05, 0.1) is 19.6 Å². The van der Waals surface area contributed by atoms with Crippen molar-refractivity contribution < 1.29 is 42.5 Å². The summed E-state index contributed by atoms with van der Waals surface area (Å²) >= 11 is 0. The summed E-state index contributed by atoms with van der Waals surface area (Å²) in [4.78, 5) is 97.7. The van der Waals surface area contributed by atoms with Crippen LogP contribution in [0.2, 0.25) is 0 Å². The van der Waals surface area contributed by atoms with E-state index in [1.54, 1.807) is 18.2 Å². The van der Waals surface area contributed by atoms with Crippen LogP contribution in [0.1, 0.15) is 148 Å². The Kier molecular flexibility index (Phi) is 22.6. The molecule has 0 aliphatic carbocycles. The molecule has 0 saturated carbocycles. The molecule has 0 aliphatic rings. The van der Waals surface area contributed by atoms with Crippen molar-refractivity contribution in [1.82, 2.24) is 20.3 Å². The second kappa shape index (κ2) is 33.0. The molecule has 3 heterocycles. The van der Waals surface area contributed by atoms with Gasteiger partial charge in [0.15, 0.2) is 28.9 Å². The standard InChI is InChI=1S/C89H89N13O6/c1-54-36-74-80(45-68(54)90)100(63-24-12-7-13-25-63)83-48-71(57(4)39-77(83)97-74)94-51-66(103)30-18-10-20-32-86(105)60-42-61(87(106)33-21-11-19-31-67(104)52-95-72-49-84-78(40-58(72)5)98-75-37-55(2)69(91)46-81(75)101(84)64-26-14-8-15-27-64)44-62(43-60)88(107)34-22-23-35-93-89(108)53-96-73-50-85-79(41-59(73)6)99-76-38-56(3)70(92)47-82(76)102(85)65-28-16-9-17-29-65/h7-9,12-17,24-29,36-50H,10-11,18-23,30-35,51-53H2,1-6H3,(H7,90,91,92,93,94,95,96,108)/p+3. The Bertz CT molecular complexity index is 5130. The number of aryl methyl sites for hydroxylation is 6. The lowest BCUT2D eigenvalue weighted by Gasteiger charge is -2.12. The number of nitrogen functional groups attached to an aromatic ring is 3. The van der Waals surface area contributed by atoms with E-state index in [2.05, 4.69) is 35.0 Å². The van der Waals surface area contributed by atoms with Crippen LogP contribution < -0.4 is 52.2 Å². The predicted molar refractivity (Wildman–Crippen MR) is 432 cm³/mol. The van der Waals surface area contributed by atoms with Crippen molar-refractivity contribution in [1.29, 1.82) is 0 Å². The largest absolute Gasteiger partial charge is 0.398 e. The highest BCUT2D eigenvalue weighted by atomic mass is 16.2. The Morgan fingerprint density at radius 1 is 0.315 bits per heavy atom. The summed E-state index contributed by atoms with van der Waals surface area (Å²) in [7, 11) is 0. The molecule has 10 aromatic carbocycles. The number of fused-ring (bicyclic) bond motifs is 6. The average molecular weight is 1440 g/mol. The normalized spacial score (nSPS) is 11.5. The zero-order chi connectivity index (χ0) is 75.7. The molecule has 19 nitrogen and oxygen atoms in total. The summed E-state index contributed by atoms with van der Waals surface area (Å²) in [5.74, 6) is -0.763. The van der Waals surface area contributed by atoms with Crippen molar-refractivity contribution in [2.45, 2.75) is 125 Å². The van der Waals surface area contributed by atoms with Gasteiger partial charge in [0.2, 0.25) is 56.1 Å². The molecule has 0 aliphatic heterocycles. The number of unbranched alkanes of at least 4 members (excludes halogenated alkanes) is 5. The molecule has 0 unspecified atom stereocenters. The van der Waals surface area contributed by atoms with Gasteiger partial charge < -0.3 is 38.5 Å². The molecule has 0 radical (unpaired) electrons. The monoisotopic (exact) mass is 1440 g/mol. The molecule has 13 aromatic rings. The molecule has 0 saturated heterocycles.